The molecule has 1 N–H and O–H groups in total. The van der Waals surface area contributed by atoms with Crippen LogP contribution in [0.3, 0.4) is 0 Å². The number of nitrogens with zero attached hydrogens (tertiary/aromatic N) is 2. The lowest BCUT2D eigenvalue weighted by Crippen LogP contribution is -2.49. The number of ether oxygens (including phenoxy) is 1. The molecule has 1 fully saturated rings. The highest BCUT2D eigenvalue weighted by Gasteiger charge is 2.23. The van der Waals surface area contributed by atoms with Gasteiger partial charge in [-0.25, -0.2) is 4.79 Å². The summed E-state index contributed by atoms with van der Waals surface area (Å²) in [6.07, 6.45) is 0. The van der Waals surface area contributed by atoms with Gasteiger partial charge in [0.05, 0.1) is 12.2 Å². The van der Waals surface area contributed by atoms with Crippen LogP contribution in [0.25, 0.3) is 10.4 Å². The Labute approximate surface area is 208 Å². The zero-order chi connectivity index (χ0) is 23.2. The third-order valence-electron chi connectivity index (χ3n) is 5.49. The molecule has 0 unspecified atom stereocenters. The fraction of sp³-hybridized carbons (Fsp3) is 0.280. The summed E-state index contributed by atoms with van der Waals surface area (Å²) < 4.78 is 5.28. The molecule has 5 nitrogen and oxygen atoms in total. The lowest BCUT2D eigenvalue weighted by Gasteiger charge is -2.36. The van der Waals surface area contributed by atoms with Gasteiger partial charge in [-0.1, -0.05) is 54.1 Å². The fourth-order valence-electron chi connectivity index (χ4n) is 3.72. The molecule has 1 aliphatic heterocycles. The van der Waals surface area contributed by atoms with Crippen LogP contribution in [0, 0.1) is 0 Å². The minimum absolute atomic E-state index is 0.328. The lowest BCUT2D eigenvalue weighted by molar-refractivity contribution is 0.0528. The summed E-state index contributed by atoms with van der Waals surface area (Å²) in [5.41, 5.74) is 2.83. The van der Waals surface area contributed by atoms with Gasteiger partial charge in [0.2, 0.25) is 0 Å². The number of rotatable bonds is 6. The molecule has 33 heavy (non-hydrogen) atoms. The topological polar surface area (TPSA) is 44.8 Å². The first kappa shape index (κ1) is 23.7. The second-order valence-electron chi connectivity index (χ2n) is 7.76. The molecule has 4 rings (SSSR count). The minimum atomic E-state index is -0.339. The second-order valence-corrected chi connectivity index (χ2v) is 9.64. The molecule has 1 aromatic heterocycles. The van der Waals surface area contributed by atoms with E-state index < -0.39 is 0 Å². The Balaban J connectivity index is 1.41. The highest BCUT2D eigenvalue weighted by Crippen LogP contribution is 2.36. The Morgan fingerprint density at radius 1 is 1.09 bits per heavy atom. The molecule has 1 saturated heterocycles. The molecule has 0 amide bonds. The number of thiophene rings is 1. The molecular formula is C25H26ClN3O2S2. The Bertz CT molecular complexity index is 1090. The van der Waals surface area contributed by atoms with E-state index in [1.54, 1.807) is 0 Å². The highest BCUT2D eigenvalue weighted by molar-refractivity contribution is 7.80. The summed E-state index contributed by atoms with van der Waals surface area (Å²) in [6.45, 7) is 6.50. The Hall–Kier alpha value is -2.45. The monoisotopic (exact) mass is 499 g/mol. The number of benzene rings is 2. The minimum Gasteiger partial charge on any atom is -0.462 e. The normalized spacial score (nSPS) is 14.2. The predicted octanol–water partition coefficient (Wildman–Crippen LogP) is 5.76. The summed E-state index contributed by atoms with van der Waals surface area (Å²) >= 11 is 13.2. The van der Waals surface area contributed by atoms with Gasteiger partial charge < -0.3 is 15.0 Å². The van der Waals surface area contributed by atoms with Gasteiger partial charge in [-0.3, -0.25) is 4.90 Å². The van der Waals surface area contributed by atoms with Crippen molar-refractivity contribution in [2.75, 3.05) is 38.1 Å². The predicted molar refractivity (Wildman–Crippen MR) is 140 cm³/mol. The summed E-state index contributed by atoms with van der Waals surface area (Å²) in [6, 6.07) is 19.9. The zero-order valence-corrected chi connectivity index (χ0v) is 20.8. The molecule has 3 aromatic rings. The van der Waals surface area contributed by atoms with Crippen molar-refractivity contribution in [3.8, 4) is 10.4 Å². The van der Waals surface area contributed by atoms with Gasteiger partial charge in [0.15, 0.2) is 5.11 Å². The third-order valence-corrected chi connectivity index (χ3v) is 7.20. The van der Waals surface area contributed by atoms with Crippen molar-refractivity contribution in [3.05, 3.63) is 76.8 Å². The number of hydrogen-bond acceptors (Lipinski definition) is 5. The number of nitrogens with one attached hydrogen (secondary N) is 1. The van der Waals surface area contributed by atoms with Gasteiger partial charge in [-0.15, -0.1) is 11.3 Å². The SMILES string of the molecule is CCOC(=O)c1cc(-c2ccccc2)sc1NC(=S)N1CCN(Cc2ccc(Cl)cc2)CC1. The molecule has 0 saturated carbocycles. The molecule has 0 bridgehead atoms. The zero-order valence-electron chi connectivity index (χ0n) is 18.4. The first-order chi connectivity index (χ1) is 16.0. The van der Waals surface area contributed by atoms with Gasteiger partial charge in [-0.2, -0.15) is 0 Å². The van der Waals surface area contributed by atoms with Crippen LogP contribution in [0.5, 0.6) is 0 Å². The lowest BCUT2D eigenvalue weighted by atomic mass is 10.1. The standard InChI is InChI=1S/C25H26ClN3O2S2/c1-2-31-24(30)21-16-22(19-6-4-3-5-7-19)33-23(21)27-25(32)29-14-12-28(13-15-29)17-18-8-10-20(26)11-9-18/h3-11,16H,2,12-15,17H2,1H3,(H,27,32). The summed E-state index contributed by atoms with van der Waals surface area (Å²) in [5, 5.41) is 5.43. The molecular weight excluding hydrogens is 474 g/mol. The number of carbonyl (C=O) groups is 1. The van der Waals surface area contributed by atoms with Crippen molar-refractivity contribution in [2.24, 2.45) is 0 Å². The average Bonchev–Trinajstić information content (AvgIpc) is 3.25. The molecule has 0 aliphatic carbocycles. The third kappa shape index (κ3) is 6.12. The molecule has 8 heteroatoms. The van der Waals surface area contributed by atoms with E-state index >= 15 is 0 Å². The number of halogens is 1. The maximum atomic E-state index is 12.6. The summed E-state index contributed by atoms with van der Waals surface area (Å²) in [7, 11) is 0. The molecule has 1 aliphatic rings. The van der Waals surface area contributed by atoms with E-state index in [1.807, 2.05) is 55.5 Å². The average molecular weight is 500 g/mol. The van der Waals surface area contributed by atoms with E-state index in [-0.39, 0.29) is 5.97 Å². The van der Waals surface area contributed by atoms with Crippen molar-refractivity contribution >= 4 is 51.2 Å². The number of carbonyl (C=O) groups excluding carboxylic acids is 1. The number of piperazine rings is 1. The van der Waals surface area contributed by atoms with Gasteiger partial charge in [0, 0.05) is 42.6 Å². The van der Waals surface area contributed by atoms with E-state index in [9.17, 15) is 4.79 Å². The van der Waals surface area contributed by atoms with Gasteiger partial charge >= 0.3 is 5.97 Å². The first-order valence-corrected chi connectivity index (χ1v) is 12.5. The van der Waals surface area contributed by atoms with Crippen molar-refractivity contribution in [1.82, 2.24) is 9.80 Å². The second kappa shape index (κ2) is 11.1. The van der Waals surface area contributed by atoms with Crippen LogP contribution in [0.2, 0.25) is 5.02 Å². The van der Waals surface area contributed by atoms with Crippen LogP contribution in [0.4, 0.5) is 5.00 Å². The molecule has 0 spiro atoms. The summed E-state index contributed by atoms with van der Waals surface area (Å²) in [5.74, 6) is -0.339. The van der Waals surface area contributed by atoms with E-state index in [0.29, 0.717) is 17.3 Å². The maximum Gasteiger partial charge on any atom is 0.341 e. The van der Waals surface area contributed by atoms with E-state index in [4.69, 9.17) is 28.6 Å². The van der Waals surface area contributed by atoms with Crippen LogP contribution >= 0.6 is 35.2 Å². The number of thiocarbonyl (C=S) groups is 1. The fourth-order valence-corrected chi connectivity index (χ4v) is 5.25. The molecule has 2 heterocycles. The Morgan fingerprint density at radius 3 is 2.45 bits per heavy atom. The molecule has 0 atom stereocenters. The van der Waals surface area contributed by atoms with Gasteiger partial charge in [0.25, 0.3) is 0 Å². The van der Waals surface area contributed by atoms with Crippen LogP contribution in [-0.2, 0) is 11.3 Å². The van der Waals surface area contributed by atoms with E-state index in [2.05, 4.69) is 27.2 Å². The largest absolute Gasteiger partial charge is 0.462 e. The number of hydrogen-bond donors (Lipinski definition) is 1. The number of esters is 1. The van der Waals surface area contributed by atoms with Crippen molar-refractivity contribution < 1.29 is 9.53 Å². The maximum absolute atomic E-state index is 12.6. The summed E-state index contributed by atoms with van der Waals surface area (Å²) in [4.78, 5) is 18.1. The molecule has 0 radical (unpaired) electrons. The first-order valence-electron chi connectivity index (χ1n) is 10.9. The van der Waals surface area contributed by atoms with Crippen LogP contribution in [0.1, 0.15) is 22.8 Å². The van der Waals surface area contributed by atoms with Gasteiger partial charge in [0.1, 0.15) is 5.00 Å². The van der Waals surface area contributed by atoms with Crippen LogP contribution in [-0.4, -0.2) is 53.7 Å². The smallest absolute Gasteiger partial charge is 0.341 e. The van der Waals surface area contributed by atoms with E-state index in [0.717, 1.165) is 53.2 Å². The highest BCUT2D eigenvalue weighted by atomic mass is 35.5. The Morgan fingerprint density at radius 2 is 1.79 bits per heavy atom. The van der Waals surface area contributed by atoms with Crippen LogP contribution in [0.15, 0.2) is 60.7 Å². The number of anilines is 1. The van der Waals surface area contributed by atoms with Crippen molar-refractivity contribution in [1.29, 1.82) is 0 Å². The van der Waals surface area contributed by atoms with Crippen molar-refractivity contribution in [3.63, 3.8) is 0 Å². The van der Waals surface area contributed by atoms with Gasteiger partial charge in [-0.05, 0) is 48.5 Å². The molecule has 2 aromatic carbocycles. The van der Waals surface area contributed by atoms with Crippen LogP contribution < -0.4 is 5.32 Å². The van der Waals surface area contributed by atoms with Crippen molar-refractivity contribution in [2.45, 2.75) is 13.5 Å². The quantitative estimate of drug-likeness (QED) is 0.343. The Kier molecular flexibility index (Phi) is 7.98. The van der Waals surface area contributed by atoms with E-state index in [1.165, 1.54) is 16.9 Å². The molecule has 172 valence electrons.